The van der Waals surface area contributed by atoms with Gasteiger partial charge in [-0.1, -0.05) is 6.07 Å². The van der Waals surface area contributed by atoms with Gasteiger partial charge in [-0.05, 0) is 31.0 Å². The van der Waals surface area contributed by atoms with Crippen LogP contribution in [-0.4, -0.2) is 68.6 Å². The Hall–Kier alpha value is -1.71. The Morgan fingerprint density at radius 1 is 1.21 bits per heavy atom. The Kier molecular flexibility index (Phi) is 6.14. The molecule has 24 heavy (non-hydrogen) atoms. The predicted octanol–water partition coefficient (Wildman–Crippen LogP) is -0.908. The number of aromatic hydroxyl groups is 1. The van der Waals surface area contributed by atoms with Gasteiger partial charge in [-0.15, -0.1) is 0 Å². The molecule has 0 aromatic heterocycles. The van der Waals surface area contributed by atoms with E-state index in [2.05, 4.69) is 0 Å². The number of rotatable bonds is 6. The van der Waals surface area contributed by atoms with Crippen molar-refractivity contribution in [1.82, 2.24) is 0 Å². The molecule has 0 amide bonds. The highest BCUT2D eigenvalue weighted by Gasteiger charge is 2.44. The molecule has 5 atom stereocenters. The van der Waals surface area contributed by atoms with Crippen LogP contribution in [0.15, 0.2) is 18.2 Å². The third kappa shape index (κ3) is 4.22. The molecule has 0 bridgehead atoms. The summed E-state index contributed by atoms with van der Waals surface area (Å²) in [4.78, 5) is 11.1. The number of aryl methyl sites for hydroxylation is 1. The molecular formula is C16H22O8. The second-order valence-electron chi connectivity index (χ2n) is 5.82. The lowest BCUT2D eigenvalue weighted by Gasteiger charge is -2.39. The number of ketones is 1. The number of phenols is 1. The number of ether oxygens (including phenoxy) is 2. The van der Waals surface area contributed by atoms with Crippen molar-refractivity contribution in [2.75, 3.05) is 6.61 Å². The normalized spacial score (nSPS) is 30.1. The van der Waals surface area contributed by atoms with E-state index in [9.17, 15) is 25.2 Å². The molecule has 2 rings (SSSR count). The number of benzene rings is 1. The summed E-state index contributed by atoms with van der Waals surface area (Å²) in [6.07, 6.45) is -6.30. The molecule has 1 saturated heterocycles. The Balaban J connectivity index is 2.14. The van der Waals surface area contributed by atoms with Crippen LogP contribution in [-0.2, 0) is 16.0 Å². The monoisotopic (exact) mass is 342 g/mol. The van der Waals surface area contributed by atoms with Crippen molar-refractivity contribution in [1.29, 1.82) is 0 Å². The molecule has 1 heterocycles. The van der Waals surface area contributed by atoms with E-state index in [4.69, 9.17) is 14.6 Å². The second-order valence-corrected chi connectivity index (χ2v) is 5.82. The largest absolute Gasteiger partial charge is 0.504 e. The Bertz CT molecular complexity index is 573. The number of phenolic OH excluding ortho intramolecular Hbond substituents is 1. The third-order valence-corrected chi connectivity index (χ3v) is 3.88. The minimum atomic E-state index is -1.57. The fraction of sp³-hybridized carbons (Fsp3) is 0.562. The minimum Gasteiger partial charge on any atom is -0.504 e. The highest BCUT2D eigenvalue weighted by atomic mass is 16.7. The number of aliphatic hydroxyl groups is 4. The van der Waals surface area contributed by atoms with Crippen LogP contribution in [0.3, 0.4) is 0 Å². The second kappa shape index (κ2) is 7.91. The van der Waals surface area contributed by atoms with Crippen LogP contribution in [0.2, 0.25) is 0 Å². The van der Waals surface area contributed by atoms with Crippen LogP contribution >= 0.6 is 0 Å². The summed E-state index contributed by atoms with van der Waals surface area (Å²) in [6, 6.07) is 4.52. The third-order valence-electron chi connectivity index (χ3n) is 3.88. The number of hydrogen-bond acceptors (Lipinski definition) is 8. The summed E-state index contributed by atoms with van der Waals surface area (Å²) in [5.74, 6) is -0.182. The molecule has 0 spiro atoms. The van der Waals surface area contributed by atoms with Crippen molar-refractivity contribution in [2.45, 2.75) is 50.5 Å². The van der Waals surface area contributed by atoms with Crippen molar-refractivity contribution >= 4 is 5.78 Å². The van der Waals surface area contributed by atoms with E-state index in [-0.39, 0.29) is 17.3 Å². The first-order valence-corrected chi connectivity index (χ1v) is 7.62. The number of carbonyl (C=O) groups excluding carboxylic acids is 1. The van der Waals surface area contributed by atoms with Gasteiger partial charge < -0.3 is 39.8 Å². The van der Waals surface area contributed by atoms with Gasteiger partial charge in [0.25, 0.3) is 0 Å². The molecule has 1 aromatic carbocycles. The van der Waals surface area contributed by atoms with Crippen LogP contribution in [0, 0.1) is 0 Å². The van der Waals surface area contributed by atoms with E-state index >= 15 is 0 Å². The van der Waals surface area contributed by atoms with Gasteiger partial charge in [-0.25, -0.2) is 0 Å². The van der Waals surface area contributed by atoms with E-state index < -0.39 is 37.3 Å². The molecule has 1 aliphatic rings. The Morgan fingerprint density at radius 2 is 1.92 bits per heavy atom. The average Bonchev–Trinajstić information content (AvgIpc) is 2.55. The summed E-state index contributed by atoms with van der Waals surface area (Å²) in [6.45, 7) is 0.904. The van der Waals surface area contributed by atoms with Crippen LogP contribution < -0.4 is 4.74 Å². The lowest BCUT2D eigenvalue weighted by atomic mass is 9.99. The molecule has 1 aliphatic heterocycles. The lowest BCUT2D eigenvalue weighted by Crippen LogP contribution is -2.60. The van der Waals surface area contributed by atoms with Crippen molar-refractivity contribution in [3.05, 3.63) is 23.8 Å². The quantitative estimate of drug-likeness (QED) is 0.448. The maximum atomic E-state index is 11.1. The standard InChI is InChI=1S/C16H22O8/c1-8(18)2-3-9-4-5-10(19)11(6-9)23-16-15(22)14(21)13(20)12(7-17)24-16/h4-6,12-17,19-22H,2-3,7H2,1H3. The first-order valence-electron chi connectivity index (χ1n) is 7.62. The van der Waals surface area contributed by atoms with E-state index in [1.165, 1.54) is 19.1 Å². The maximum Gasteiger partial charge on any atom is 0.229 e. The van der Waals surface area contributed by atoms with Crippen molar-refractivity contribution in [2.24, 2.45) is 0 Å². The molecule has 0 saturated carbocycles. The van der Waals surface area contributed by atoms with E-state index in [1.807, 2.05) is 0 Å². The molecule has 1 aromatic rings. The topological polar surface area (TPSA) is 137 Å². The van der Waals surface area contributed by atoms with Crippen molar-refractivity contribution in [3.8, 4) is 11.5 Å². The maximum absolute atomic E-state index is 11.1. The van der Waals surface area contributed by atoms with Gasteiger partial charge in [-0.2, -0.15) is 0 Å². The zero-order chi connectivity index (χ0) is 17.9. The zero-order valence-corrected chi connectivity index (χ0v) is 13.2. The molecule has 5 N–H and O–H groups in total. The van der Waals surface area contributed by atoms with Gasteiger partial charge in [0.05, 0.1) is 6.61 Å². The van der Waals surface area contributed by atoms with Crippen molar-refractivity contribution < 1.29 is 39.8 Å². The first kappa shape index (κ1) is 18.6. The molecule has 134 valence electrons. The van der Waals surface area contributed by atoms with Gasteiger partial charge in [-0.3, -0.25) is 0 Å². The predicted molar refractivity (Wildman–Crippen MR) is 81.5 cm³/mol. The smallest absolute Gasteiger partial charge is 0.229 e. The Labute approximate surface area is 138 Å². The fourth-order valence-corrected chi connectivity index (χ4v) is 2.42. The summed E-state index contributed by atoms with van der Waals surface area (Å²) < 4.78 is 10.6. The zero-order valence-electron chi connectivity index (χ0n) is 13.2. The van der Waals surface area contributed by atoms with Crippen LogP contribution in [0.5, 0.6) is 11.5 Å². The molecule has 0 radical (unpaired) electrons. The first-order chi connectivity index (χ1) is 11.3. The summed E-state index contributed by atoms with van der Waals surface area (Å²) in [7, 11) is 0. The van der Waals surface area contributed by atoms with E-state index in [0.29, 0.717) is 12.8 Å². The van der Waals surface area contributed by atoms with Gasteiger partial charge in [0.1, 0.15) is 30.2 Å². The van der Waals surface area contributed by atoms with Crippen LogP contribution in [0.1, 0.15) is 18.9 Å². The molecular weight excluding hydrogens is 320 g/mol. The van der Waals surface area contributed by atoms with Crippen LogP contribution in [0.4, 0.5) is 0 Å². The van der Waals surface area contributed by atoms with Crippen molar-refractivity contribution in [3.63, 3.8) is 0 Å². The number of Topliss-reactive ketones (excluding diaryl/α,β-unsaturated/α-hetero) is 1. The van der Waals surface area contributed by atoms with Gasteiger partial charge in [0, 0.05) is 6.42 Å². The number of aliphatic hydroxyl groups excluding tert-OH is 4. The van der Waals surface area contributed by atoms with E-state index in [0.717, 1.165) is 5.56 Å². The molecule has 5 unspecified atom stereocenters. The SMILES string of the molecule is CC(=O)CCc1ccc(O)c(OC2OC(CO)C(O)C(O)C2O)c1. The summed E-state index contributed by atoms with van der Waals surface area (Å²) >= 11 is 0. The lowest BCUT2D eigenvalue weighted by molar-refractivity contribution is -0.277. The van der Waals surface area contributed by atoms with Gasteiger partial charge in [0.15, 0.2) is 11.5 Å². The fourth-order valence-electron chi connectivity index (χ4n) is 2.42. The average molecular weight is 342 g/mol. The molecule has 0 aliphatic carbocycles. The van der Waals surface area contributed by atoms with Gasteiger partial charge >= 0.3 is 0 Å². The van der Waals surface area contributed by atoms with Gasteiger partial charge in [0.2, 0.25) is 6.29 Å². The van der Waals surface area contributed by atoms with E-state index in [1.54, 1.807) is 6.07 Å². The number of hydrogen-bond donors (Lipinski definition) is 5. The molecule has 1 fully saturated rings. The molecule has 8 nitrogen and oxygen atoms in total. The highest BCUT2D eigenvalue weighted by Crippen LogP contribution is 2.31. The molecule has 8 heteroatoms. The van der Waals surface area contributed by atoms with Crippen LogP contribution in [0.25, 0.3) is 0 Å². The highest BCUT2D eigenvalue weighted by molar-refractivity contribution is 5.75. The summed E-state index contributed by atoms with van der Waals surface area (Å²) in [5.41, 5.74) is 0.739. The minimum absolute atomic E-state index is 0.000353. The number of carbonyl (C=O) groups is 1. The Morgan fingerprint density at radius 3 is 2.54 bits per heavy atom. The summed E-state index contributed by atoms with van der Waals surface area (Å²) in [5, 5.41) is 48.5.